The predicted octanol–water partition coefficient (Wildman–Crippen LogP) is 1.37. The van der Waals surface area contributed by atoms with Gasteiger partial charge in [0.25, 0.3) is 5.91 Å². The third-order valence-electron chi connectivity index (χ3n) is 5.17. The molecule has 1 saturated heterocycles. The summed E-state index contributed by atoms with van der Waals surface area (Å²) in [6, 6.07) is 4.36. The first-order valence-electron chi connectivity index (χ1n) is 9.13. The quantitative estimate of drug-likeness (QED) is 0.450. The number of carboxylic acids is 1. The first kappa shape index (κ1) is 17.2. The number of thioether (sulfide) groups is 1. The van der Waals surface area contributed by atoms with Gasteiger partial charge < -0.3 is 5.11 Å². The molecule has 142 valence electrons. The molecule has 0 unspecified atom stereocenters. The van der Waals surface area contributed by atoms with E-state index in [0.29, 0.717) is 17.8 Å². The molecule has 0 bridgehead atoms. The maximum Gasteiger partial charge on any atom is 0.353 e. The molecule has 5 rings (SSSR count). The topological polar surface area (TPSA) is 92.2 Å². The Morgan fingerprint density at radius 3 is 2.86 bits per heavy atom. The van der Waals surface area contributed by atoms with Crippen molar-refractivity contribution in [1.82, 2.24) is 19.9 Å². The van der Waals surface area contributed by atoms with E-state index in [1.54, 1.807) is 17.0 Å². The summed E-state index contributed by atoms with van der Waals surface area (Å²) < 4.78 is 3.87. The Morgan fingerprint density at radius 2 is 2.14 bits per heavy atom. The minimum Gasteiger partial charge on any atom is -0.477 e. The summed E-state index contributed by atoms with van der Waals surface area (Å²) in [4.78, 5) is 24.7. The van der Waals surface area contributed by atoms with E-state index >= 15 is 0 Å². The highest BCUT2D eigenvalue weighted by atomic mass is 32.2. The molecule has 2 aromatic rings. The monoisotopic (exact) mass is 396 g/mol. The number of nitrogens with zero attached hydrogens (tertiary/aromatic N) is 5. The molecular formula is C19H18N5O3S+. The minimum absolute atomic E-state index is 0.0329. The predicted molar refractivity (Wildman–Crippen MR) is 101 cm³/mol. The Balaban J connectivity index is 1.21. The van der Waals surface area contributed by atoms with Gasteiger partial charge in [-0.25, -0.2) is 14.0 Å². The Kier molecular flexibility index (Phi) is 4.04. The molecule has 2 aromatic heterocycles. The summed E-state index contributed by atoms with van der Waals surface area (Å²) in [6.07, 6.45) is 10.3. The van der Waals surface area contributed by atoms with Crippen LogP contribution in [0.4, 0.5) is 0 Å². The average molecular weight is 396 g/mol. The molecule has 4 heterocycles. The molecule has 9 heteroatoms. The number of β-lactam (4-membered cyclic amide) rings is 1. The summed E-state index contributed by atoms with van der Waals surface area (Å²) in [6.45, 7) is 1.45. The van der Waals surface area contributed by atoms with Gasteiger partial charge in [-0.05, 0) is 30.4 Å². The number of carbonyl (C=O) groups is 2. The Hall–Kier alpha value is -2.94. The van der Waals surface area contributed by atoms with Gasteiger partial charge >= 0.3 is 5.97 Å². The van der Waals surface area contributed by atoms with Crippen molar-refractivity contribution < 1.29 is 19.3 Å². The van der Waals surface area contributed by atoms with Crippen molar-refractivity contribution in [2.45, 2.75) is 37.2 Å². The molecule has 1 amide bonds. The summed E-state index contributed by atoms with van der Waals surface area (Å²) in [5, 5.41) is 18.6. The third-order valence-corrected chi connectivity index (χ3v) is 6.25. The van der Waals surface area contributed by atoms with Gasteiger partial charge in [0.1, 0.15) is 23.3 Å². The fourth-order valence-corrected chi connectivity index (χ4v) is 4.56. The van der Waals surface area contributed by atoms with E-state index < -0.39 is 5.97 Å². The summed E-state index contributed by atoms with van der Waals surface area (Å²) in [5.41, 5.74) is 2.59. The standard InChI is InChI=1S/C19H17N5O3S/c25-17-15(18-24(17)16(11-28-18)19(26)27)9-14-10-23(21-20-14)8-7-22-5-3-13(4-6-22)12-1-2-12/h3-6,9-12,18H,1-2,7-8H2/p+1/b15-9-/t18-/m1/s1. The first-order valence-corrected chi connectivity index (χ1v) is 10.1. The van der Waals surface area contributed by atoms with Crippen LogP contribution in [0.25, 0.3) is 6.08 Å². The van der Waals surface area contributed by atoms with Crippen molar-refractivity contribution in [2.75, 3.05) is 0 Å². The van der Waals surface area contributed by atoms with Gasteiger partial charge in [-0.15, -0.1) is 16.9 Å². The van der Waals surface area contributed by atoms with Crippen molar-refractivity contribution in [3.8, 4) is 0 Å². The lowest BCUT2D eigenvalue weighted by molar-refractivity contribution is -0.698. The van der Waals surface area contributed by atoms with E-state index in [9.17, 15) is 9.59 Å². The van der Waals surface area contributed by atoms with Crippen LogP contribution >= 0.6 is 11.8 Å². The highest BCUT2D eigenvalue weighted by Crippen LogP contribution is 2.45. The number of aromatic nitrogens is 4. The van der Waals surface area contributed by atoms with E-state index in [1.807, 2.05) is 0 Å². The zero-order valence-corrected chi connectivity index (χ0v) is 15.7. The number of hydrogen-bond acceptors (Lipinski definition) is 5. The molecule has 1 atom stereocenters. The van der Waals surface area contributed by atoms with Gasteiger partial charge in [0, 0.05) is 17.5 Å². The largest absolute Gasteiger partial charge is 0.477 e. The number of rotatable bonds is 6. The fraction of sp³-hybridized carbons (Fsp3) is 0.316. The molecule has 1 aliphatic carbocycles. The molecule has 1 N–H and O–H groups in total. The zero-order chi connectivity index (χ0) is 19.3. The Labute approximate surface area is 165 Å². The van der Waals surface area contributed by atoms with Crippen molar-refractivity contribution in [3.05, 3.63) is 58.7 Å². The first-order chi connectivity index (χ1) is 13.6. The van der Waals surface area contributed by atoms with Crippen LogP contribution in [0.2, 0.25) is 0 Å². The maximum absolute atomic E-state index is 12.2. The molecule has 0 aromatic carbocycles. The van der Waals surface area contributed by atoms with Gasteiger partial charge in [-0.2, -0.15) is 0 Å². The molecule has 1 saturated carbocycles. The number of carbonyl (C=O) groups excluding carboxylic acids is 1. The van der Waals surface area contributed by atoms with E-state index in [1.165, 1.54) is 40.5 Å². The molecule has 2 fully saturated rings. The molecular weight excluding hydrogens is 378 g/mol. The second-order valence-corrected chi connectivity index (χ2v) is 8.08. The summed E-state index contributed by atoms with van der Waals surface area (Å²) >= 11 is 1.32. The van der Waals surface area contributed by atoms with Crippen LogP contribution in [0.3, 0.4) is 0 Å². The van der Waals surface area contributed by atoms with Crippen LogP contribution in [0.5, 0.6) is 0 Å². The van der Waals surface area contributed by atoms with Crippen molar-refractivity contribution >= 4 is 29.7 Å². The highest BCUT2D eigenvalue weighted by molar-refractivity contribution is 8.03. The molecule has 3 aliphatic rings. The smallest absolute Gasteiger partial charge is 0.353 e. The number of aliphatic carboxylic acids is 1. The Bertz CT molecular complexity index is 1020. The SMILES string of the molecule is O=C(O)C1=CS[C@@H]2/C(=C\c3cn(CC[n+]4ccc(C5CC5)cc4)nn3)C(=O)N12. The normalized spacial score (nSPS) is 22.2. The zero-order valence-electron chi connectivity index (χ0n) is 14.9. The van der Waals surface area contributed by atoms with Crippen molar-refractivity contribution in [2.24, 2.45) is 0 Å². The summed E-state index contributed by atoms with van der Waals surface area (Å²) in [5.74, 6) is -0.619. The average Bonchev–Trinajstić information content (AvgIpc) is 3.32. The highest BCUT2D eigenvalue weighted by Gasteiger charge is 2.49. The number of fused-ring (bicyclic) bond motifs is 1. The fourth-order valence-electron chi connectivity index (χ4n) is 3.44. The van der Waals surface area contributed by atoms with Crippen LogP contribution in [-0.2, 0) is 22.7 Å². The number of hydrogen-bond donors (Lipinski definition) is 1. The lowest BCUT2D eigenvalue weighted by Crippen LogP contribution is -2.51. The van der Waals surface area contributed by atoms with Crippen LogP contribution in [0.15, 0.2) is 47.4 Å². The van der Waals surface area contributed by atoms with Crippen LogP contribution in [-0.4, -0.2) is 42.3 Å². The summed E-state index contributed by atoms with van der Waals surface area (Å²) in [7, 11) is 0. The molecule has 0 radical (unpaired) electrons. The van der Waals surface area contributed by atoms with Crippen LogP contribution in [0, 0.1) is 0 Å². The van der Waals surface area contributed by atoms with Gasteiger partial charge in [-0.1, -0.05) is 5.21 Å². The lowest BCUT2D eigenvalue weighted by atomic mass is 10.0. The van der Waals surface area contributed by atoms with Crippen molar-refractivity contribution in [1.29, 1.82) is 0 Å². The van der Waals surface area contributed by atoms with Gasteiger partial charge in [-0.3, -0.25) is 9.69 Å². The third kappa shape index (κ3) is 3.01. The molecule has 0 spiro atoms. The van der Waals surface area contributed by atoms with Crippen molar-refractivity contribution in [3.63, 3.8) is 0 Å². The van der Waals surface area contributed by atoms with Gasteiger partial charge in [0.2, 0.25) is 0 Å². The van der Waals surface area contributed by atoms with E-state index in [0.717, 1.165) is 12.5 Å². The van der Waals surface area contributed by atoms with Gasteiger partial charge in [0.15, 0.2) is 18.9 Å². The van der Waals surface area contributed by atoms with Gasteiger partial charge in [0.05, 0.1) is 11.8 Å². The Morgan fingerprint density at radius 1 is 1.36 bits per heavy atom. The number of aryl methyl sites for hydroxylation is 2. The second-order valence-electron chi connectivity index (χ2n) is 7.12. The minimum atomic E-state index is -1.09. The molecule has 28 heavy (non-hydrogen) atoms. The van der Waals surface area contributed by atoms with Crippen LogP contribution < -0.4 is 4.57 Å². The van der Waals surface area contributed by atoms with E-state index in [2.05, 4.69) is 39.4 Å². The number of amides is 1. The van der Waals surface area contributed by atoms with E-state index in [4.69, 9.17) is 5.11 Å². The number of pyridine rings is 1. The van der Waals surface area contributed by atoms with Crippen LogP contribution in [0.1, 0.15) is 30.0 Å². The molecule has 2 aliphatic heterocycles. The van der Waals surface area contributed by atoms with E-state index in [-0.39, 0.29) is 17.0 Å². The molecule has 8 nitrogen and oxygen atoms in total. The maximum atomic E-state index is 12.2. The number of carboxylic acid groups (broad SMARTS) is 1. The second kappa shape index (κ2) is 6.59. The lowest BCUT2D eigenvalue weighted by Gasteiger charge is -2.36.